The zero-order valence-electron chi connectivity index (χ0n) is 8.58. The van der Waals surface area contributed by atoms with Crippen molar-refractivity contribution in [2.75, 3.05) is 5.73 Å². The van der Waals surface area contributed by atoms with Gasteiger partial charge in [0.25, 0.3) is 0 Å². The van der Waals surface area contributed by atoms with E-state index in [1.54, 1.807) is 12.4 Å². The minimum absolute atomic E-state index is 0.740. The number of nitrogens with zero attached hydrogens (tertiary/aromatic N) is 4. The third-order valence-corrected chi connectivity index (χ3v) is 3.42. The molecule has 0 fully saturated rings. The molecule has 3 aromatic rings. The molecular formula is C10H9N5S. The van der Waals surface area contributed by atoms with Crippen molar-refractivity contribution in [1.82, 2.24) is 19.6 Å². The number of nitrogens with two attached hydrogens (primary N) is 1. The van der Waals surface area contributed by atoms with Gasteiger partial charge in [0.1, 0.15) is 0 Å². The van der Waals surface area contributed by atoms with E-state index in [0.29, 0.717) is 0 Å². The first-order valence-electron chi connectivity index (χ1n) is 4.77. The largest absolute Gasteiger partial charge is 0.391 e. The number of aryl methyl sites for hydroxylation is 1. The van der Waals surface area contributed by atoms with Gasteiger partial charge >= 0.3 is 0 Å². The van der Waals surface area contributed by atoms with E-state index in [-0.39, 0.29) is 0 Å². The molecule has 3 heterocycles. The number of thiophene rings is 1. The number of rotatable bonds is 1. The van der Waals surface area contributed by atoms with Crippen LogP contribution in [0.1, 0.15) is 5.56 Å². The Kier molecular flexibility index (Phi) is 1.90. The van der Waals surface area contributed by atoms with Crippen molar-refractivity contribution < 1.29 is 0 Å². The molecule has 80 valence electrons. The zero-order valence-corrected chi connectivity index (χ0v) is 9.40. The Morgan fingerprint density at radius 2 is 2.25 bits per heavy atom. The van der Waals surface area contributed by atoms with Crippen molar-refractivity contribution in [3.63, 3.8) is 0 Å². The number of fused-ring (bicyclic) bond motifs is 1. The summed E-state index contributed by atoms with van der Waals surface area (Å²) < 4.78 is 1.91. The molecule has 0 saturated carbocycles. The summed E-state index contributed by atoms with van der Waals surface area (Å²) in [6.45, 7) is 2.02. The third-order valence-electron chi connectivity index (χ3n) is 2.35. The van der Waals surface area contributed by atoms with Crippen LogP contribution < -0.4 is 5.73 Å². The van der Waals surface area contributed by atoms with Crippen molar-refractivity contribution in [2.45, 2.75) is 6.92 Å². The minimum Gasteiger partial charge on any atom is -0.391 e. The van der Waals surface area contributed by atoms with Crippen LogP contribution in [0, 0.1) is 6.92 Å². The fourth-order valence-corrected chi connectivity index (χ4v) is 2.56. The van der Waals surface area contributed by atoms with Crippen molar-refractivity contribution >= 4 is 22.0 Å². The average molecular weight is 231 g/mol. The lowest BCUT2D eigenvalue weighted by Crippen LogP contribution is -1.88. The Labute approximate surface area is 95.6 Å². The van der Waals surface area contributed by atoms with Crippen LogP contribution in [0.25, 0.3) is 16.3 Å². The number of anilines is 1. The van der Waals surface area contributed by atoms with E-state index in [4.69, 9.17) is 5.73 Å². The van der Waals surface area contributed by atoms with Crippen LogP contribution in [0.3, 0.4) is 0 Å². The topological polar surface area (TPSA) is 69.1 Å². The van der Waals surface area contributed by atoms with Crippen molar-refractivity contribution in [3.05, 3.63) is 30.2 Å². The van der Waals surface area contributed by atoms with Crippen molar-refractivity contribution in [2.24, 2.45) is 0 Å². The van der Waals surface area contributed by atoms with Crippen molar-refractivity contribution in [3.8, 4) is 10.7 Å². The summed E-state index contributed by atoms with van der Waals surface area (Å²) in [5.41, 5.74) is 7.64. The van der Waals surface area contributed by atoms with E-state index in [1.165, 1.54) is 11.3 Å². The smallest absolute Gasteiger partial charge is 0.179 e. The van der Waals surface area contributed by atoms with E-state index in [9.17, 15) is 0 Å². The molecular weight excluding hydrogens is 222 g/mol. The highest BCUT2D eigenvalue weighted by molar-refractivity contribution is 7.19. The average Bonchev–Trinajstić information content (AvgIpc) is 2.81. The summed E-state index contributed by atoms with van der Waals surface area (Å²) >= 11 is 1.52. The van der Waals surface area contributed by atoms with Gasteiger partial charge in [-0.15, -0.1) is 21.5 Å². The highest BCUT2D eigenvalue weighted by Gasteiger charge is 2.12. The SMILES string of the molecule is Cc1cc(N)sc1-c1nnc2cnccn12. The number of aromatic nitrogens is 4. The fourth-order valence-electron chi connectivity index (χ4n) is 1.64. The Balaban J connectivity index is 2.30. The Bertz CT molecular complexity index is 654. The monoisotopic (exact) mass is 231 g/mol. The summed E-state index contributed by atoms with van der Waals surface area (Å²) in [5.74, 6) is 0.816. The van der Waals surface area contributed by atoms with Gasteiger partial charge in [0.15, 0.2) is 11.5 Å². The molecule has 0 aliphatic heterocycles. The second kappa shape index (κ2) is 3.28. The molecule has 0 unspecified atom stereocenters. The van der Waals surface area contributed by atoms with Crippen molar-refractivity contribution in [1.29, 1.82) is 0 Å². The van der Waals surface area contributed by atoms with Gasteiger partial charge in [-0.25, -0.2) is 0 Å². The molecule has 0 saturated heterocycles. The minimum atomic E-state index is 0.740. The Hall–Kier alpha value is -1.95. The number of hydrogen-bond donors (Lipinski definition) is 1. The van der Waals surface area contributed by atoms with Gasteiger partial charge in [-0.05, 0) is 18.6 Å². The van der Waals surface area contributed by atoms with Gasteiger partial charge in [-0.3, -0.25) is 9.38 Å². The van der Waals surface area contributed by atoms with Gasteiger partial charge in [-0.1, -0.05) is 0 Å². The van der Waals surface area contributed by atoms with Crippen LogP contribution in [-0.2, 0) is 0 Å². The van der Waals surface area contributed by atoms with Crippen LogP contribution in [0.5, 0.6) is 0 Å². The first kappa shape index (κ1) is 9.29. The lowest BCUT2D eigenvalue weighted by molar-refractivity contribution is 1.11. The molecule has 0 spiro atoms. The molecule has 0 aromatic carbocycles. The molecule has 0 atom stereocenters. The lowest BCUT2D eigenvalue weighted by Gasteiger charge is -1.96. The van der Waals surface area contributed by atoms with Crippen LogP contribution in [0.4, 0.5) is 5.00 Å². The van der Waals surface area contributed by atoms with Gasteiger partial charge in [0, 0.05) is 12.4 Å². The molecule has 3 rings (SSSR count). The van der Waals surface area contributed by atoms with Crippen LogP contribution in [-0.4, -0.2) is 19.6 Å². The van der Waals surface area contributed by atoms with E-state index >= 15 is 0 Å². The molecule has 5 nitrogen and oxygen atoms in total. The maximum atomic E-state index is 5.78. The second-order valence-corrected chi connectivity index (χ2v) is 4.57. The maximum Gasteiger partial charge on any atom is 0.179 e. The fraction of sp³-hybridized carbons (Fsp3) is 0.100. The number of nitrogen functional groups attached to an aromatic ring is 1. The Morgan fingerprint density at radius 3 is 3.00 bits per heavy atom. The Morgan fingerprint density at radius 1 is 1.38 bits per heavy atom. The van der Waals surface area contributed by atoms with Gasteiger partial charge in [0.2, 0.25) is 0 Å². The highest BCUT2D eigenvalue weighted by Crippen LogP contribution is 2.32. The lowest BCUT2D eigenvalue weighted by atomic mass is 10.3. The van der Waals surface area contributed by atoms with E-state index in [0.717, 1.165) is 26.9 Å². The molecule has 0 aliphatic carbocycles. The highest BCUT2D eigenvalue weighted by atomic mass is 32.1. The van der Waals surface area contributed by atoms with Crippen LogP contribution in [0.2, 0.25) is 0 Å². The number of hydrogen-bond acceptors (Lipinski definition) is 5. The van der Waals surface area contributed by atoms with Crippen LogP contribution in [0.15, 0.2) is 24.7 Å². The summed E-state index contributed by atoms with van der Waals surface area (Å²) in [7, 11) is 0. The standard InChI is InChI=1S/C10H9N5S/c1-6-4-7(11)16-9(6)10-14-13-8-5-12-2-3-15(8)10/h2-5H,11H2,1H3. The summed E-state index contributed by atoms with van der Waals surface area (Å²) in [4.78, 5) is 5.05. The first-order valence-corrected chi connectivity index (χ1v) is 5.58. The van der Waals surface area contributed by atoms with E-state index in [2.05, 4.69) is 15.2 Å². The van der Waals surface area contributed by atoms with Gasteiger partial charge in [0.05, 0.1) is 16.1 Å². The van der Waals surface area contributed by atoms with Gasteiger partial charge in [-0.2, -0.15) is 0 Å². The third kappa shape index (κ3) is 1.27. The second-order valence-electron chi connectivity index (χ2n) is 3.49. The molecule has 16 heavy (non-hydrogen) atoms. The van der Waals surface area contributed by atoms with Gasteiger partial charge < -0.3 is 5.73 Å². The van der Waals surface area contributed by atoms with E-state index in [1.807, 2.05) is 23.6 Å². The summed E-state index contributed by atoms with van der Waals surface area (Å²) in [6.07, 6.45) is 5.25. The molecule has 6 heteroatoms. The zero-order chi connectivity index (χ0) is 11.1. The first-order chi connectivity index (χ1) is 7.75. The molecule has 2 N–H and O–H groups in total. The summed E-state index contributed by atoms with van der Waals surface area (Å²) in [5, 5.41) is 9.02. The predicted molar refractivity (Wildman–Crippen MR) is 63.2 cm³/mol. The summed E-state index contributed by atoms with van der Waals surface area (Å²) in [6, 6.07) is 1.95. The molecule has 0 radical (unpaired) electrons. The normalized spacial score (nSPS) is 11.1. The molecule has 3 aromatic heterocycles. The maximum absolute atomic E-state index is 5.78. The predicted octanol–water partition coefficient (Wildman–Crippen LogP) is 1.74. The molecule has 0 bridgehead atoms. The van der Waals surface area contributed by atoms with Crippen LogP contribution >= 0.6 is 11.3 Å². The quantitative estimate of drug-likeness (QED) is 0.692. The van der Waals surface area contributed by atoms with E-state index < -0.39 is 0 Å². The molecule has 0 aliphatic rings. The molecule has 0 amide bonds.